The normalized spacial score (nSPS) is 20.3. The monoisotopic (exact) mass is 264 g/mol. The molecule has 0 bridgehead atoms. The number of phenolic OH excluding ortho intramolecular Hbond substituents is 1. The van der Waals surface area contributed by atoms with Gasteiger partial charge in [0.2, 0.25) is 0 Å². The van der Waals surface area contributed by atoms with Gasteiger partial charge >= 0.3 is 0 Å². The van der Waals surface area contributed by atoms with Crippen molar-refractivity contribution in [1.29, 1.82) is 0 Å². The van der Waals surface area contributed by atoms with E-state index in [9.17, 15) is 10.3 Å². The van der Waals surface area contributed by atoms with Crippen molar-refractivity contribution in [3.8, 4) is 11.5 Å². The summed E-state index contributed by atoms with van der Waals surface area (Å²) in [5.74, 6) is 0.872. The number of amidine groups is 1. The lowest BCUT2D eigenvalue weighted by atomic mass is 9.84. The quantitative estimate of drug-likeness (QED) is 0.861. The number of phenols is 1. The summed E-state index contributed by atoms with van der Waals surface area (Å²) < 4.78 is 5.01. The second-order valence-corrected chi connectivity index (χ2v) is 5.75. The smallest absolute Gasteiger partial charge is 0.160 e. The van der Waals surface area contributed by atoms with Gasteiger partial charge in [0.25, 0.3) is 0 Å². The number of hydroxylamine groups is 2. The molecule has 19 heavy (non-hydrogen) atoms. The van der Waals surface area contributed by atoms with Crippen molar-refractivity contribution in [1.82, 2.24) is 5.06 Å². The van der Waals surface area contributed by atoms with Crippen molar-refractivity contribution in [2.75, 3.05) is 7.11 Å². The van der Waals surface area contributed by atoms with E-state index in [1.165, 1.54) is 7.11 Å². The summed E-state index contributed by atoms with van der Waals surface area (Å²) in [7, 11) is 1.49. The summed E-state index contributed by atoms with van der Waals surface area (Å²) in [4.78, 5) is 4.56. The van der Waals surface area contributed by atoms with E-state index in [1.54, 1.807) is 18.2 Å². The van der Waals surface area contributed by atoms with Crippen LogP contribution in [0.4, 0.5) is 0 Å². The Morgan fingerprint density at radius 2 is 1.84 bits per heavy atom. The van der Waals surface area contributed by atoms with Crippen LogP contribution in [0.3, 0.4) is 0 Å². The first-order chi connectivity index (χ1) is 8.70. The third-order valence-corrected chi connectivity index (χ3v) is 4.05. The first-order valence-corrected chi connectivity index (χ1v) is 6.17. The predicted octanol–water partition coefficient (Wildman–Crippen LogP) is 2.41. The fourth-order valence-electron chi connectivity index (χ4n) is 1.99. The van der Waals surface area contributed by atoms with Gasteiger partial charge in [-0.2, -0.15) is 0 Å². The van der Waals surface area contributed by atoms with Crippen LogP contribution in [-0.4, -0.2) is 39.4 Å². The average Bonchev–Trinajstić information content (AvgIpc) is 2.49. The minimum Gasteiger partial charge on any atom is -0.504 e. The second kappa shape index (κ2) is 4.13. The van der Waals surface area contributed by atoms with Gasteiger partial charge in [-0.05, 0) is 45.9 Å². The van der Waals surface area contributed by atoms with Crippen LogP contribution in [0.2, 0.25) is 0 Å². The summed E-state index contributed by atoms with van der Waals surface area (Å²) in [6, 6.07) is 4.95. The molecule has 0 aromatic heterocycles. The van der Waals surface area contributed by atoms with Crippen LogP contribution in [0.5, 0.6) is 11.5 Å². The summed E-state index contributed by atoms with van der Waals surface area (Å²) in [5.41, 5.74) is -0.288. The van der Waals surface area contributed by atoms with Gasteiger partial charge in [-0.15, -0.1) is 0 Å². The number of methoxy groups -OCH3 is 1. The number of benzene rings is 1. The maximum atomic E-state index is 10.3. The summed E-state index contributed by atoms with van der Waals surface area (Å²) in [6.45, 7) is 7.78. The molecule has 1 aliphatic rings. The number of ether oxygens (including phenoxy) is 1. The molecule has 0 amide bonds. The molecule has 1 aliphatic heterocycles. The van der Waals surface area contributed by atoms with Crippen molar-refractivity contribution in [2.45, 2.75) is 38.8 Å². The zero-order valence-electron chi connectivity index (χ0n) is 11.9. The molecule has 0 aliphatic carbocycles. The maximum Gasteiger partial charge on any atom is 0.160 e. The standard InChI is InChI=1S/C14H20N2O3/c1-13(2)14(3,4)16(18)12(15-13)9-6-7-11(19-5)10(17)8-9/h6-8,17-18H,1-5H3. The molecule has 1 heterocycles. The molecule has 2 N–H and O–H groups in total. The minimum atomic E-state index is -0.516. The summed E-state index contributed by atoms with van der Waals surface area (Å²) in [6.07, 6.45) is 0. The van der Waals surface area contributed by atoms with Gasteiger partial charge in [-0.1, -0.05) is 0 Å². The van der Waals surface area contributed by atoms with Crippen molar-refractivity contribution in [2.24, 2.45) is 4.99 Å². The van der Waals surface area contributed by atoms with E-state index in [4.69, 9.17) is 4.74 Å². The molecular formula is C14H20N2O3. The van der Waals surface area contributed by atoms with E-state index in [-0.39, 0.29) is 5.75 Å². The Balaban J connectivity index is 2.46. The van der Waals surface area contributed by atoms with Crippen LogP contribution < -0.4 is 4.74 Å². The largest absolute Gasteiger partial charge is 0.504 e. The SMILES string of the molecule is COc1ccc(C2=NC(C)(C)C(C)(C)N2O)cc1O. The van der Waals surface area contributed by atoms with Crippen molar-refractivity contribution < 1.29 is 15.1 Å². The molecule has 5 nitrogen and oxygen atoms in total. The highest BCUT2D eigenvalue weighted by molar-refractivity contribution is 6.00. The molecular weight excluding hydrogens is 244 g/mol. The van der Waals surface area contributed by atoms with Crippen molar-refractivity contribution in [3.63, 3.8) is 0 Å². The third-order valence-electron chi connectivity index (χ3n) is 4.05. The van der Waals surface area contributed by atoms with E-state index in [1.807, 2.05) is 27.7 Å². The van der Waals surface area contributed by atoms with Gasteiger partial charge in [-0.3, -0.25) is 10.2 Å². The summed E-state index contributed by atoms with van der Waals surface area (Å²) >= 11 is 0. The first-order valence-electron chi connectivity index (χ1n) is 6.17. The molecule has 5 heteroatoms. The van der Waals surface area contributed by atoms with Gasteiger partial charge < -0.3 is 9.84 Å². The van der Waals surface area contributed by atoms with Crippen LogP contribution in [-0.2, 0) is 0 Å². The molecule has 0 saturated carbocycles. The van der Waals surface area contributed by atoms with E-state index in [2.05, 4.69) is 4.99 Å². The van der Waals surface area contributed by atoms with Crippen LogP contribution in [0.15, 0.2) is 23.2 Å². The Bertz CT molecular complexity index is 535. The van der Waals surface area contributed by atoms with Gasteiger partial charge in [0.15, 0.2) is 17.3 Å². The van der Waals surface area contributed by atoms with E-state index < -0.39 is 11.1 Å². The zero-order valence-corrected chi connectivity index (χ0v) is 11.9. The van der Waals surface area contributed by atoms with Crippen molar-refractivity contribution in [3.05, 3.63) is 23.8 Å². The number of nitrogens with zero attached hydrogens (tertiary/aromatic N) is 2. The zero-order chi connectivity index (χ0) is 14.4. The predicted molar refractivity (Wildman–Crippen MR) is 73.0 cm³/mol. The third kappa shape index (κ3) is 1.94. The maximum absolute atomic E-state index is 10.3. The van der Waals surface area contributed by atoms with Crippen LogP contribution in [0.25, 0.3) is 0 Å². The molecule has 0 spiro atoms. The molecule has 1 aromatic rings. The van der Waals surface area contributed by atoms with Gasteiger partial charge in [0.1, 0.15) is 0 Å². The topological polar surface area (TPSA) is 65.3 Å². The Morgan fingerprint density at radius 1 is 1.21 bits per heavy atom. The Kier molecular flexibility index (Phi) is 2.97. The van der Waals surface area contributed by atoms with Crippen LogP contribution >= 0.6 is 0 Å². The fraction of sp³-hybridized carbons (Fsp3) is 0.500. The van der Waals surface area contributed by atoms with Gasteiger partial charge in [-0.25, -0.2) is 5.06 Å². The van der Waals surface area contributed by atoms with E-state index in [0.717, 1.165) is 5.06 Å². The van der Waals surface area contributed by atoms with E-state index in [0.29, 0.717) is 17.1 Å². The molecule has 2 rings (SSSR count). The second-order valence-electron chi connectivity index (χ2n) is 5.75. The Labute approximate surface area is 113 Å². The number of hydrogen-bond donors (Lipinski definition) is 2. The molecule has 0 saturated heterocycles. The number of aromatic hydroxyl groups is 1. The minimum absolute atomic E-state index is 0.0265. The van der Waals surface area contributed by atoms with Crippen LogP contribution in [0, 0.1) is 0 Å². The number of rotatable bonds is 2. The molecule has 104 valence electrons. The highest BCUT2D eigenvalue weighted by Crippen LogP contribution is 2.38. The highest BCUT2D eigenvalue weighted by atomic mass is 16.5. The molecule has 0 fully saturated rings. The lowest BCUT2D eigenvalue weighted by molar-refractivity contribution is -0.0992. The fourth-order valence-corrected chi connectivity index (χ4v) is 1.99. The molecule has 1 aromatic carbocycles. The average molecular weight is 264 g/mol. The van der Waals surface area contributed by atoms with Crippen molar-refractivity contribution >= 4 is 5.84 Å². The number of hydrogen-bond acceptors (Lipinski definition) is 5. The highest BCUT2D eigenvalue weighted by Gasteiger charge is 2.49. The van der Waals surface area contributed by atoms with Gasteiger partial charge in [0.05, 0.1) is 18.2 Å². The summed E-state index contributed by atoms with van der Waals surface area (Å²) in [5, 5.41) is 21.3. The van der Waals surface area contributed by atoms with Gasteiger partial charge in [0, 0.05) is 5.56 Å². The Hall–Kier alpha value is -1.75. The number of aliphatic imine (C=N–C) groups is 1. The molecule has 0 unspecified atom stereocenters. The molecule has 0 radical (unpaired) electrons. The lowest BCUT2D eigenvalue weighted by Gasteiger charge is -2.36. The van der Waals surface area contributed by atoms with E-state index >= 15 is 0 Å². The first kappa shape index (κ1) is 13.7. The lowest BCUT2D eigenvalue weighted by Crippen LogP contribution is -2.51. The van der Waals surface area contributed by atoms with Crippen LogP contribution in [0.1, 0.15) is 33.3 Å². The molecule has 0 atom stereocenters. The Morgan fingerprint density at radius 3 is 2.26 bits per heavy atom.